The Bertz CT molecular complexity index is 544. The summed E-state index contributed by atoms with van der Waals surface area (Å²) in [5, 5.41) is 0.433. The number of carbonyl (C=O) groups is 1. The van der Waals surface area contributed by atoms with E-state index >= 15 is 0 Å². The van der Waals surface area contributed by atoms with Gasteiger partial charge in [0, 0.05) is 11.3 Å². The van der Waals surface area contributed by atoms with Crippen LogP contribution in [-0.2, 0) is 32.4 Å². The molecule has 0 atom stereocenters. The van der Waals surface area contributed by atoms with E-state index in [2.05, 4.69) is 14.4 Å². The largest absolute Gasteiger partial charge is 0.469 e. The fourth-order valence-corrected chi connectivity index (χ4v) is 4.31. The molecule has 0 spiro atoms. The summed E-state index contributed by atoms with van der Waals surface area (Å²) in [6.45, 7) is 0. The molecular weight excluding hydrogens is 288 g/mol. The number of aromatic nitrogens is 1. The number of carbonyl (C=O) groups excluding carboxylic acids is 1. The molecule has 8 heteroatoms. The molecule has 0 fully saturated rings. The third-order valence-corrected chi connectivity index (χ3v) is 5.39. The smallest absolute Gasteiger partial charge is 0.305 e. The van der Waals surface area contributed by atoms with E-state index < -0.39 is 16.0 Å². The molecule has 106 valence electrons. The van der Waals surface area contributed by atoms with Gasteiger partial charge < -0.3 is 4.74 Å². The fourth-order valence-electron chi connectivity index (χ4n) is 1.93. The van der Waals surface area contributed by atoms with Gasteiger partial charge in [-0.25, -0.2) is 13.4 Å². The molecular formula is C11H16N2O4S2. The van der Waals surface area contributed by atoms with Crippen molar-refractivity contribution in [3.05, 3.63) is 10.6 Å². The highest BCUT2D eigenvalue weighted by atomic mass is 32.2. The summed E-state index contributed by atoms with van der Waals surface area (Å²) in [4.78, 5) is 16.3. The minimum Gasteiger partial charge on any atom is -0.469 e. The maximum atomic E-state index is 11.8. The topological polar surface area (TPSA) is 85.4 Å². The number of hydrogen-bond donors (Lipinski definition) is 1. The second kappa shape index (κ2) is 5.87. The number of nitrogens with one attached hydrogen (secondary N) is 1. The molecule has 0 bridgehead atoms. The Hall–Kier alpha value is -1.15. The van der Waals surface area contributed by atoms with Crippen LogP contribution in [0.15, 0.2) is 0 Å². The molecule has 1 N–H and O–H groups in total. The van der Waals surface area contributed by atoms with E-state index in [1.54, 1.807) is 0 Å². The lowest BCUT2D eigenvalue weighted by atomic mass is 10.3. The number of fused-ring (bicyclic) bond motifs is 1. The van der Waals surface area contributed by atoms with Crippen LogP contribution < -0.4 is 4.72 Å². The van der Waals surface area contributed by atoms with E-state index in [1.807, 2.05) is 0 Å². The molecule has 0 amide bonds. The number of thiazole rings is 1. The molecule has 1 aromatic heterocycles. The lowest BCUT2D eigenvalue weighted by Gasteiger charge is -2.04. The Balaban J connectivity index is 1.88. The third kappa shape index (κ3) is 3.90. The van der Waals surface area contributed by atoms with Crippen LogP contribution in [0.3, 0.4) is 0 Å². The van der Waals surface area contributed by atoms with Gasteiger partial charge in [0.05, 0.1) is 18.6 Å². The second-order valence-electron chi connectivity index (χ2n) is 4.34. The number of sulfonamides is 1. The van der Waals surface area contributed by atoms with Crippen molar-refractivity contribution in [1.82, 2.24) is 4.98 Å². The van der Waals surface area contributed by atoms with E-state index in [4.69, 9.17) is 0 Å². The number of ether oxygens (including phenoxy) is 1. The Kier molecular flexibility index (Phi) is 4.41. The first-order chi connectivity index (χ1) is 9.00. The standard InChI is InChI=1S/C11H16N2O4S2/c1-17-10(14)6-3-7-19(15,16)13-11-12-8-4-2-5-9(8)18-11/h2-7H2,1H3,(H,12,13). The van der Waals surface area contributed by atoms with Gasteiger partial charge in [-0.2, -0.15) is 0 Å². The number of anilines is 1. The Morgan fingerprint density at radius 1 is 1.47 bits per heavy atom. The van der Waals surface area contributed by atoms with Crippen LogP contribution in [0.2, 0.25) is 0 Å². The molecule has 0 saturated carbocycles. The highest BCUT2D eigenvalue weighted by molar-refractivity contribution is 7.92. The lowest BCUT2D eigenvalue weighted by Crippen LogP contribution is -2.17. The van der Waals surface area contributed by atoms with Gasteiger partial charge in [0.2, 0.25) is 10.0 Å². The van der Waals surface area contributed by atoms with Gasteiger partial charge in [-0.15, -0.1) is 11.3 Å². The predicted molar refractivity (Wildman–Crippen MR) is 72.8 cm³/mol. The van der Waals surface area contributed by atoms with Crippen LogP contribution in [0.25, 0.3) is 0 Å². The van der Waals surface area contributed by atoms with Crippen LogP contribution >= 0.6 is 11.3 Å². The normalized spacial score (nSPS) is 14.2. The number of rotatable bonds is 6. The van der Waals surface area contributed by atoms with Gasteiger partial charge in [-0.05, 0) is 25.7 Å². The Morgan fingerprint density at radius 2 is 2.26 bits per heavy atom. The second-order valence-corrected chi connectivity index (χ2v) is 7.27. The van der Waals surface area contributed by atoms with Gasteiger partial charge in [0.1, 0.15) is 0 Å². The third-order valence-electron chi connectivity index (χ3n) is 2.86. The number of hydrogen-bond acceptors (Lipinski definition) is 6. The van der Waals surface area contributed by atoms with E-state index in [9.17, 15) is 13.2 Å². The zero-order chi connectivity index (χ0) is 13.9. The quantitative estimate of drug-likeness (QED) is 0.801. The molecule has 0 radical (unpaired) electrons. The first-order valence-electron chi connectivity index (χ1n) is 6.06. The summed E-state index contributed by atoms with van der Waals surface area (Å²) >= 11 is 1.40. The summed E-state index contributed by atoms with van der Waals surface area (Å²) in [7, 11) is -2.15. The number of nitrogens with zero attached hydrogens (tertiary/aromatic N) is 1. The zero-order valence-corrected chi connectivity index (χ0v) is 12.3. The number of methoxy groups -OCH3 is 1. The molecule has 1 aliphatic carbocycles. The highest BCUT2D eigenvalue weighted by Crippen LogP contribution is 2.30. The first kappa shape index (κ1) is 14.3. The number of aryl methyl sites for hydroxylation is 2. The minimum atomic E-state index is -3.44. The van der Waals surface area contributed by atoms with Gasteiger partial charge in [-0.1, -0.05) is 0 Å². The molecule has 2 rings (SSSR count). The predicted octanol–water partition coefficient (Wildman–Crippen LogP) is 1.33. The molecule has 19 heavy (non-hydrogen) atoms. The van der Waals surface area contributed by atoms with Crippen molar-refractivity contribution in [2.24, 2.45) is 0 Å². The van der Waals surface area contributed by atoms with Crippen molar-refractivity contribution in [2.75, 3.05) is 17.6 Å². The fraction of sp³-hybridized carbons (Fsp3) is 0.636. The maximum Gasteiger partial charge on any atom is 0.305 e. The van der Waals surface area contributed by atoms with Crippen molar-refractivity contribution in [3.8, 4) is 0 Å². The molecule has 0 aliphatic heterocycles. The van der Waals surface area contributed by atoms with Crippen molar-refractivity contribution in [3.63, 3.8) is 0 Å². The molecule has 0 unspecified atom stereocenters. The van der Waals surface area contributed by atoms with Gasteiger partial charge >= 0.3 is 5.97 Å². The van der Waals surface area contributed by atoms with E-state index in [1.165, 1.54) is 23.3 Å². The van der Waals surface area contributed by atoms with Crippen molar-refractivity contribution < 1.29 is 17.9 Å². The van der Waals surface area contributed by atoms with Gasteiger partial charge in [0.15, 0.2) is 5.13 Å². The average molecular weight is 304 g/mol. The van der Waals surface area contributed by atoms with Crippen LogP contribution in [0.1, 0.15) is 29.8 Å². The van der Waals surface area contributed by atoms with Crippen LogP contribution in [0.5, 0.6) is 0 Å². The van der Waals surface area contributed by atoms with E-state index in [-0.39, 0.29) is 18.6 Å². The molecule has 1 aliphatic rings. The Morgan fingerprint density at radius 3 is 2.95 bits per heavy atom. The SMILES string of the molecule is COC(=O)CCCS(=O)(=O)Nc1nc2c(s1)CCC2. The summed E-state index contributed by atoms with van der Waals surface area (Å²) < 4.78 is 30.5. The van der Waals surface area contributed by atoms with Crippen molar-refractivity contribution in [2.45, 2.75) is 32.1 Å². The van der Waals surface area contributed by atoms with Crippen LogP contribution in [0.4, 0.5) is 5.13 Å². The summed E-state index contributed by atoms with van der Waals surface area (Å²) in [6.07, 6.45) is 3.35. The average Bonchev–Trinajstić information content (AvgIpc) is 2.88. The van der Waals surface area contributed by atoms with E-state index in [0.29, 0.717) is 5.13 Å². The molecule has 6 nitrogen and oxygen atoms in total. The summed E-state index contributed by atoms with van der Waals surface area (Å²) in [5.74, 6) is -0.504. The van der Waals surface area contributed by atoms with E-state index in [0.717, 1.165) is 25.0 Å². The first-order valence-corrected chi connectivity index (χ1v) is 8.53. The van der Waals surface area contributed by atoms with Crippen molar-refractivity contribution in [1.29, 1.82) is 0 Å². The highest BCUT2D eigenvalue weighted by Gasteiger charge is 2.19. The lowest BCUT2D eigenvalue weighted by molar-refractivity contribution is -0.140. The van der Waals surface area contributed by atoms with Crippen LogP contribution in [-0.4, -0.2) is 32.2 Å². The van der Waals surface area contributed by atoms with Crippen LogP contribution in [0, 0.1) is 0 Å². The molecule has 1 heterocycles. The summed E-state index contributed by atoms with van der Waals surface area (Å²) in [6, 6.07) is 0. The maximum absolute atomic E-state index is 11.8. The molecule has 0 saturated heterocycles. The summed E-state index contributed by atoms with van der Waals surface area (Å²) in [5.41, 5.74) is 1.01. The molecule has 1 aromatic rings. The zero-order valence-electron chi connectivity index (χ0n) is 10.6. The van der Waals surface area contributed by atoms with Gasteiger partial charge in [-0.3, -0.25) is 9.52 Å². The monoisotopic (exact) mass is 304 g/mol. The molecule has 0 aromatic carbocycles. The van der Waals surface area contributed by atoms with Crippen molar-refractivity contribution >= 4 is 32.5 Å². The number of esters is 1. The Labute approximate surface area is 116 Å². The minimum absolute atomic E-state index is 0.103. The van der Waals surface area contributed by atoms with Gasteiger partial charge in [0.25, 0.3) is 0 Å².